The molecule has 0 bridgehead atoms. The Kier molecular flexibility index (Phi) is 7.60. The zero-order valence-corrected chi connectivity index (χ0v) is 19.6. The zero-order valence-electron chi connectivity index (χ0n) is 19.6. The average Bonchev–Trinajstić information content (AvgIpc) is 3.14. The lowest BCUT2D eigenvalue weighted by molar-refractivity contribution is -0.174. The third kappa shape index (κ3) is 5.27. The molecule has 1 fully saturated rings. The van der Waals surface area contributed by atoms with E-state index in [1.807, 2.05) is 91.0 Å². The molecule has 0 radical (unpaired) electrons. The molecule has 7 nitrogen and oxygen atoms in total. The Hall–Kier alpha value is -3.52. The molecule has 0 spiro atoms. The predicted molar refractivity (Wildman–Crippen MR) is 127 cm³/mol. The number of benzene rings is 3. The van der Waals surface area contributed by atoms with Crippen molar-refractivity contribution >= 4 is 11.9 Å². The van der Waals surface area contributed by atoms with Gasteiger partial charge in [-0.25, -0.2) is 0 Å². The largest absolute Gasteiger partial charge is 0.455 e. The van der Waals surface area contributed by atoms with Crippen molar-refractivity contribution in [1.82, 2.24) is 0 Å². The Morgan fingerprint density at radius 3 is 1.54 bits per heavy atom. The standard InChI is InChI=1S/C28H28O7/c1-19(29)33-25-24(35-27(31)26(25)34-20(2)30)18-32-28(21-12-6-3-7-13-21,22-14-8-4-9-15-22)23-16-10-5-11-17-23/h3-17,24-27,31H,18H2,1-2H3/t24-,25+,26+,27?/m1/s1. The van der Waals surface area contributed by atoms with E-state index in [1.165, 1.54) is 13.8 Å². The van der Waals surface area contributed by atoms with E-state index in [0.717, 1.165) is 16.7 Å². The van der Waals surface area contributed by atoms with Gasteiger partial charge in [-0.05, 0) is 16.7 Å². The summed E-state index contributed by atoms with van der Waals surface area (Å²) in [6, 6.07) is 29.3. The number of rotatable bonds is 8. The minimum absolute atomic E-state index is 0.0640. The maximum atomic E-state index is 11.8. The summed E-state index contributed by atoms with van der Waals surface area (Å²) in [6.07, 6.45) is -4.54. The number of esters is 2. The van der Waals surface area contributed by atoms with Crippen LogP contribution in [-0.4, -0.2) is 48.3 Å². The minimum Gasteiger partial charge on any atom is -0.455 e. The number of carbonyl (C=O) groups excluding carboxylic acids is 2. The molecule has 1 aliphatic rings. The molecular formula is C28H28O7. The molecule has 0 saturated carbocycles. The second-order valence-corrected chi connectivity index (χ2v) is 8.30. The summed E-state index contributed by atoms with van der Waals surface area (Å²) < 4.78 is 23.0. The lowest BCUT2D eigenvalue weighted by atomic mass is 9.80. The molecule has 1 unspecified atom stereocenters. The molecule has 1 N–H and O–H groups in total. The summed E-state index contributed by atoms with van der Waals surface area (Å²) in [5, 5.41) is 10.4. The maximum Gasteiger partial charge on any atom is 0.303 e. The summed E-state index contributed by atoms with van der Waals surface area (Å²) in [5.41, 5.74) is 1.63. The van der Waals surface area contributed by atoms with Crippen LogP contribution in [0, 0.1) is 0 Å². The summed E-state index contributed by atoms with van der Waals surface area (Å²) in [6.45, 7) is 2.40. The Morgan fingerprint density at radius 1 is 0.743 bits per heavy atom. The second kappa shape index (κ2) is 10.8. The number of aliphatic hydroxyl groups is 1. The van der Waals surface area contributed by atoms with Crippen LogP contribution in [-0.2, 0) is 34.1 Å². The maximum absolute atomic E-state index is 11.8. The molecule has 3 aromatic carbocycles. The summed E-state index contributed by atoms with van der Waals surface area (Å²) in [7, 11) is 0. The number of ether oxygens (including phenoxy) is 4. The number of hydrogen-bond acceptors (Lipinski definition) is 7. The first-order valence-corrected chi connectivity index (χ1v) is 11.4. The van der Waals surface area contributed by atoms with Crippen LogP contribution in [0.3, 0.4) is 0 Å². The third-order valence-corrected chi connectivity index (χ3v) is 5.89. The van der Waals surface area contributed by atoms with E-state index in [1.54, 1.807) is 0 Å². The molecule has 0 aliphatic carbocycles. The van der Waals surface area contributed by atoms with Crippen molar-refractivity contribution in [2.45, 2.75) is 44.1 Å². The molecule has 1 heterocycles. The van der Waals surface area contributed by atoms with E-state index >= 15 is 0 Å². The van der Waals surface area contributed by atoms with Gasteiger partial charge in [0.25, 0.3) is 0 Å². The Morgan fingerprint density at radius 2 is 1.14 bits per heavy atom. The van der Waals surface area contributed by atoms with Gasteiger partial charge in [-0.3, -0.25) is 9.59 Å². The second-order valence-electron chi connectivity index (χ2n) is 8.30. The summed E-state index contributed by atoms with van der Waals surface area (Å²) in [5.74, 6) is -1.21. The van der Waals surface area contributed by atoms with Crippen LogP contribution in [0.15, 0.2) is 91.0 Å². The normalized spacial score (nSPS) is 21.9. The van der Waals surface area contributed by atoms with Crippen LogP contribution in [0.2, 0.25) is 0 Å². The highest BCUT2D eigenvalue weighted by atomic mass is 16.7. The van der Waals surface area contributed by atoms with Gasteiger partial charge in [0.1, 0.15) is 11.7 Å². The van der Waals surface area contributed by atoms with Crippen molar-refractivity contribution in [2.75, 3.05) is 6.61 Å². The molecule has 4 rings (SSSR count). The fraction of sp³-hybridized carbons (Fsp3) is 0.286. The topological polar surface area (TPSA) is 91.3 Å². The molecule has 0 aromatic heterocycles. The van der Waals surface area contributed by atoms with Crippen LogP contribution in [0.25, 0.3) is 0 Å². The van der Waals surface area contributed by atoms with Crippen molar-refractivity contribution in [2.24, 2.45) is 0 Å². The van der Waals surface area contributed by atoms with E-state index in [0.29, 0.717) is 0 Å². The highest BCUT2D eigenvalue weighted by Crippen LogP contribution is 2.41. The van der Waals surface area contributed by atoms with Crippen molar-refractivity contribution in [3.63, 3.8) is 0 Å². The molecule has 7 heteroatoms. The van der Waals surface area contributed by atoms with Crippen molar-refractivity contribution in [1.29, 1.82) is 0 Å². The fourth-order valence-corrected chi connectivity index (χ4v) is 4.47. The lowest BCUT2D eigenvalue weighted by Crippen LogP contribution is -2.43. The number of carbonyl (C=O) groups is 2. The molecule has 0 amide bonds. The summed E-state index contributed by atoms with van der Waals surface area (Å²) in [4.78, 5) is 23.4. The van der Waals surface area contributed by atoms with Gasteiger partial charge >= 0.3 is 11.9 Å². The highest BCUT2D eigenvalue weighted by Gasteiger charge is 2.50. The SMILES string of the molecule is CC(=O)O[C@@H]1[C@H](OC(C)=O)C(O)O[C@@H]1COC(c1ccccc1)(c1ccccc1)c1ccccc1. The van der Waals surface area contributed by atoms with Gasteiger partial charge in [-0.2, -0.15) is 0 Å². The predicted octanol–water partition coefficient (Wildman–Crippen LogP) is 3.58. The summed E-state index contributed by atoms with van der Waals surface area (Å²) >= 11 is 0. The highest BCUT2D eigenvalue weighted by molar-refractivity contribution is 5.67. The van der Waals surface area contributed by atoms with Crippen LogP contribution >= 0.6 is 0 Å². The van der Waals surface area contributed by atoms with Crippen LogP contribution < -0.4 is 0 Å². The van der Waals surface area contributed by atoms with Gasteiger partial charge in [0, 0.05) is 13.8 Å². The first-order chi connectivity index (χ1) is 16.9. The smallest absolute Gasteiger partial charge is 0.303 e. The van der Waals surface area contributed by atoms with Gasteiger partial charge in [-0.1, -0.05) is 91.0 Å². The van der Waals surface area contributed by atoms with Crippen LogP contribution in [0.1, 0.15) is 30.5 Å². The molecular weight excluding hydrogens is 448 g/mol. The van der Waals surface area contributed by atoms with Gasteiger partial charge in [0.15, 0.2) is 18.5 Å². The monoisotopic (exact) mass is 476 g/mol. The van der Waals surface area contributed by atoms with E-state index in [9.17, 15) is 14.7 Å². The van der Waals surface area contributed by atoms with Gasteiger partial charge in [-0.15, -0.1) is 0 Å². The fourth-order valence-electron chi connectivity index (χ4n) is 4.47. The zero-order chi connectivity index (χ0) is 24.8. The van der Waals surface area contributed by atoms with E-state index in [-0.39, 0.29) is 6.61 Å². The molecule has 35 heavy (non-hydrogen) atoms. The minimum atomic E-state index is -1.46. The first-order valence-electron chi connectivity index (χ1n) is 11.4. The van der Waals surface area contributed by atoms with Gasteiger partial charge < -0.3 is 24.1 Å². The van der Waals surface area contributed by atoms with Crippen molar-refractivity contribution < 1.29 is 33.6 Å². The van der Waals surface area contributed by atoms with Gasteiger partial charge in [0.05, 0.1) is 6.61 Å². The van der Waals surface area contributed by atoms with Gasteiger partial charge in [0.2, 0.25) is 0 Å². The third-order valence-electron chi connectivity index (χ3n) is 5.89. The quantitative estimate of drug-likeness (QED) is 0.393. The first kappa shape index (κ1) is 24.6. The Labute approximate surface area is 204 Å². The van der Waals surface area contributed by atoms with E-state index in [2.05, 4.69) is 0 Å². The van der Waals surface area contributed by atoms with Crippen molar-refractivity contribution in [3.05, 3.63) is 108 Å². The molecule has 1 saturated heterocycles. The Bertz CT molecular complexity index is 1020. The van der Waals surface area contributed by atoms with E-state index < -0.39 is 42.1 Å². The number of hydrogen-bond donors (Lipinski definition) is 1. The number of aliphatic hydroxyl groups excluding tert-OH is 1. The molecule has 182 valence electrons. The van der Waals surface area contributed by atoms with Crippen LogP contribution in [0.5, 0.6) is 0 Å². The van der Waals surface area contributed by atoms with Crippen molar-refractivity contribution in [3.8, 4) is 0 Å². The van der Waals surface area contributed by atoms with E-state index in [4.69, 9.17) is 18.9 Å². The lowest BCUT2D eigenvalue weighted by Gasteiger charge is -2.37. The molecule has 1 aliphatic heterocycles. The van der Waals surface area contributed by atoms with Crippen LogP contribution in [0.4, 0.5) is 0 Å². The Balaban J connectivity index is 1.75. The molecule has 3 aromatic rings. The molecule has 4 atom stereocenters. The average molecular weight is 477 g/mol.